The summed E-state index contributed by atoms with van der Waals surface area (Å²) >= 11 is 16.3. The Kier molecular flexibility index (Phi) is 2.40. The zero-order valence-electron chi connectivity index (χ0n) is 4.67. The van der Waals surface area contributed by atoms with E-state index in [-0.39, 0.29) is 15.1 Å². The van der Waals surface area contributed by atoms with E-state index < -0.39 is 5.82 Å². The first kappa shape index (κ1) is 8.12. The summed E-state index contributed by atoms with van der Waals surface area (Å²) in [6.07, 6.45) is 0. The lowest BCUT2D eigenvalue weighted by molar-refractivity contribution is 0.628. The van der Waals surface area contributed by atoms with Gasteiger partial charge in [-0.3, -0.25) is 0 Å². The van der Waals surface area contributed by atoms with Crippen molar-refractivity contribution in [2.45, 2.75) is 0 Å². The smallest absolute Gasteiger partial charge is 0.144 e. The summed E-state index contributed by atoms with van der Waals surface area (Å²) in [5, 5.41) is 0.282. The van der Waals surface area contributed by atoms with Gasteiger partial charge in [0.05, 0.1) is 10.0 Å². The fourth-order valence-corrected chi connectivity index (χ4v) is 1.10. The molecule has 0 aliphatic heterocycles. The van der Waals surface area contributed by atoms with E-state index in [1.807, 2.05) is 0 Å². The van der Waals surface area contributed by atoms with Crippen LogP contribution in [0.1, 0.15) is 0 Å². The van der Waals surface area contributed by atoms with Crippen LogP contribution in [-0.4, -0.2) is 0 Å². The lowest BCUT2D eigenvalue weighted by atomic mass is 10.3. The molecule has 0 radical (unpaired) electrons. The predicted molar refractivity (Wildman–Crippen MR) is 41.4 cm³/mol. The number of rotatable bonds is 0. The van der Waals surface area contributed by atoms with E-state index in [1.54, 1.807) is 0 Å². The maximum Gasteiger partial charge on any atom is 0.144 e. The molecule has 0 amide bonds. The second kappa shape index (κ2) is 2.95. The van der Waals surface area contributed by atoms with E-state index in [2.05, 4.69) is 0 Å². The van der Waals surface area contributed by atoms with Crippen LogP contribution in [0.4, 0.5) is 4.39 Å². The third-order valence-corrected chi connectivity index (χ3v) is 1.95. The highest BCUT2D eigenvalue weighted by molar-refractivity contribution is 6.43. The first-order valence-electron chi connectivity index (χ1n) is 2.41. The molecule has 0 atom stereocenters. The molecular weight excluding hydrogens is 197 g/mol. The lowest BCUT2D eigenvalue weighted by Gasteiger charge is -1.96. The van der Waals surface area contributed by atoms with Crippen LogP contribution < -0.4 is 0 Å². The maximum absolute atomic E-state index is 12.5. The van der Waals surface area contributed by atoms with Crippen LogP contribution in [0.2, 0.25) is 15.1 Å². The Morgan fingerprint density at radius 3 is 2.20 bits per heavy atom. The summed E-state index contributed by atoms with van der Waals surface area (Å²) in [5.74, 6) is -0.598. The fourth-order valence-electron chi connectivity index (χ4n) is 0.525. The van der Waals surface area contributed by atoms with Crippen molar-refractivity contribution in [2.24, 2.45) is 0 Å². The van der Waals surface area contributed by atoms with Crippen LogP contribution in [0.25, 0.3) is 0 Å². The molecule has 10 heavy (non-hydrogen) atoms. The molecule has 0 saturated heterocycles. The lowest BCUT2D eigenvalue weighted by Crippen LogP contribution is -1.77. The molecule has 1 aromatic carbocycles. The quantitative estimate of drug-likeness (QED) is 0.440. The second-order valence-electron chi connectivity index (χ2n) is 1.68. The van der Waals surface area contributed by atoms with Crippen molar-refractivity contribution in [1.29, 1.82) is 0 Å². The molecular formula is C6H2Cl3F. The van der Waals surface area contributed by atoms with Crippen molar-refractivity contribution in [3.8, 4) is 0 Å². The Bertz CT molecular complexity index is 236. The van der Waals surface area contributed by atoms with Crippen molar-refractivity contribution in [3.05, 3.63) is 33.0 Å². The highest BCUT2D eigenvalue weighted by Crippen LogP contribution is 2.28. The van der Waals surface area contributed by atoms with Crippen LogP contribution in [-0.2, 0) is 0 Å². The number of hydrogen-bond donors (Lipinski definition) is 0. The largest absolute Gasteiger partial charge is 0.205 e. The van der Waals surface area contributed by atoms with Gasteiger partial charge in [-0.25, -0.2) is 4.39 Å². The van der Waals surface area contributed by atoms with Crippen LogP contribution in [0.15, 0.2) is 12.1 Å². The first-order valence-corrected chi connectivity index (χ1v) is 3.54. The number of hydrogen-bond acceptors (Lipinski definition) is 0. The summed E-state index contributed by atoms with van der Waals surface area (Å²) in [7, 11) is 0. The van der Waals surface area contributed by atoms with Crippen molar-refractivity contribution < 1.29 is 4.39 Å². The van der Waals surface area contributed by atoms with Crippen LogP contribution in [0, 0.1) is 5.82 Å². The monoisotopic (exact) mass is 198 g/mol. The average molecular weight is 199 g/mol. The van der Waals surface area contributed by atoms with E-state index >= 15 is 0 Å². The Balaban J connectivity index is 3.31. The third-order valence-electron chi connectivity index (χ3n) is 0.949. The molecule has 0 aromatic heterocycles. The van der Waals surface area contributed by atoms with Gasteiger partial charge in [-0.2, -0.15) is 0 Å². The molecule has 0 bridgehead atoms. The fraction of sp³-hybridized carbons (Fsp3) is 0. The molecule has 0 fully saturated rings. The molecule has 0 aliphatic rings. The van der Waals surface area contributed by atoms with Crippen LogP contribution in [0.3, 0.4) is 0 Å². The molecule has 0 spiro atoms. The van der Waals surface area contributed by atoms with Crippen molar-refractivity contribution in [3.63, 3.8) is 0 Å². The Hall–Kier alpha value is 0.0200. The summed E-state index contributed by atoms with van der Waals surface area (Å²) < 4.78 is 12.5. The molecule has 0 aliphatic carbocycles. The van der Waals surface area contributed by atoms with Gasteiger partial charge in [-0.05, 0) is 12.1 Å². The molecule has 1 aromatic rings. The molecule has 1 rings (SSSR count). The minimum absolute atomic E-state index is 0.0916. The van der Waals surface area contributed by atoms with Gasteiger partial charge >= 0.3 is 0 Å². The molecule has 0 unspecified atom stereocenters. The van der Waals surface area contributed by atoms with Gasteiger partial charge in [0.1, 0.15) is 5.82 Å². The SMILES string of the molecule is Fc1cc(Cl)cc(Cl)c1Cl. The van der Waals surface area contributed by atoms with E-state index in [0.717, 1.165) is 6.07 Å². The number of halogens is 4. The van der Waals surface area contributed by atoms with Gasteiger partial charge in [0.15, 0.2) is 0 Å². The minimum Gasteiger partial charge on any atom is -0.205 e. The molecule has 54 valence electrons. The molecule has 0 nitrogen and oxygen atoms in total. The van der Waals surface area contributed by atoms with Gasteiger partial charge in [0.25, 0.3) is 0 Å². The summed E-state index contributed by atoms with van der Waals surface area (Å²) in [5.41, 5.74) is 0. The summed E-state index contributed by atoms with van der Waals surface area (Å²) in [6.45, 7) is 0. The zero-order chi connectivity index (χ0) is 7.72. The van der Waals surface area contributed by atoms with E-state index in [9.17, 15) is 4.39 Å². The standard InChI is InChI=1S/C6H2Cl3F/c7-3-1-4(8)6(9)5(10)2-3/h1-2H. The highest BCUT2D eigenvalue weighted by atomic mass is 35.5. The van der Waals surface area contributed by atoms with Crippen LogP contribution in [0.5, 0.6) is 0 Å². The molecule has 0 heterocycles. The van der Waals surface area contributed by atoms with Crippen molar-refractivity contribution in [2.75, 3.05) is 0 Å². The van der Waals surface area contributed by atoms with E-state index in [1.165, 1.54) is 6.07 Å². The second-order valence-corrected chi connectivity index (χ2v) is 2.91. The Morgan fingerprint density at radius 2 is 1.70 bits per heavy atom. The van der Waals surface area contributed by atoms with Gasteiger partial charge < -0.3 is 0 Å². The van der Waals surface area contributed by atoms with Crippen LogP contribution >= 0.6 is 34.8 Å². The minimum atomic E-state index is -0.598. The Labute approximate surface area is 72.5 Å². The topological polar surface area (TPSA) is 0 Å². The van der Waals surface area contributed by atoms with Gasteiger partial charge in [0, 0.05) is 5.02 Å². The predicted octanol–water partition coefficient (Wildman–Crippen LogP) is 3.79. The van der Waals surface area contributed by atoms with Gasteiger partial charge in [0.2, 0.25) is 0 Å². The first-order chi connectivity index (χ1) is 4.61. The summed E-state index contributed by atoms with van der Waals surface area (Å²) in [4.78, 5) is 0. The van der Waals surface area contributed by atoms with Crippen molar-refractivity contribution >= 4 is 34.8 Å². The molecule has 0 N–H and O–H groups in total. The normalized spacial score (nSPS) is 10.0. The zero-order valence-corrected chi connectivity index (χ0v) is 6.93. The van der Waals surface area contributed by atoms with E-state index in [0.29, 0.717) is 0 Å². The maximum atomic E-state index is 12.5. The Morgan fingerprint density at radius 1 is 1.10 bits per heavy atom. The molecule has 4 heteroatoms. The highest BCUT2D eigenvalue weighted by Gasteiger charge is 2.04. The molecule has 0 saturated carbocycles. The number of benzene rings is 1. The van der Waals surface area contributed by atoms with E-state index in [4.69, 9.17) is 34.8 Å². The summed E-state index contributed by atoms with van der Waals surface area (Å²) in [6, 6.07) is 2.49. The van der Waals surface area contributed by atoms with Gasteiger partial charge in [-0.1, -0.05) is 34.8 Å². The van der Waals surface area contributed by atoms with Crippen molar-refractivity contribution in [1.82, 2.24) is 0 Å². The van der Waals surface area contributed by atoms with Gasteiger partial charge in [-0.15, -0.1) is 0 Å². The average Bonchev–Trinajstić information content (AvgIpc) is 1.82. The third kappa shape index (κ3) is 1.54.